The van der Waals surface area contributed by atoms with Crippen molar-refractivity contribution < 1.29 is 13.2 Å². The van der Waals surface area contributed by atoms with Gasteiger partial charge in [-0.25, -0.2) is 4.68 Å². The average molecular weight is 392 g/mol. The second kappa shape index (κ2) is 6.15. The minimum Gasteiger partial charge on any atom is -0.273 e. The van der Waals surface area contributed by atoms with Crippen LogP contribution in [0.3, 0.4) is 0 Å². The first kappa shape index (κ1) is 16.9. The van der Waals surface area contributed by atoms with Crippen molar-refractivity contribution in [3.63, 3.8) is 0 Å². The SMILES string of the molecule is N=c1sc(-c2cccnn2)nn1-c1c(Cl)cc(C(F)(F)F)cc1Cl. The van der Waals surface area contributed by atoms with E-state index in [1.54, 1.807) is 12.1 Å². The Balaban J connectivity index is 2.14. The molecular formula is C13H6Cl2F3N5S. The van der Waals surface area contributed by atoms with Crippen LogP contribution >= 0.6 is 34.5 Å². The lowest BCUT2D eigenvalue weighted by molar-refractivity contribution is -0.137. The molecule has 0 amide bonds. The third-order valence-corrected chi connectivity index (χ3v) is 4.35. The maximum atomic E-state index is 12.8. The minimum absolute atomic E-state index is 0.00252. The lowest BCUT2D eigenvalue weighted by Gasteiger charge is -2.11. The Labute approximate surface area is 146 Å². The van der Waals surface area contributed by atoms with Crippen molar-refractivity contribution in [1.29, 1.82) is 5.41 Å². The monoisotopic (exact) mass is 391 g/mol. The number of nitrogens with one attached hydrogen (secondary N) is 1. The first-order valence-corrected chi connectivity index (χ1v) is 7.84. The highest BCUT2D eigenvalue weighted by Crippen LogP contribution is 2.37. The topological polar surface area (TPSA) is 67.5 Å². The minimum atomic E-state index is -4.58. The van der Waals surface area contributed by atoms with Crippen LogP contribution in [-0.4, -0.2) is 20.0 Å². The number of hydrogen-bond donors (Lipinski definition) is 1. The van der Waals surface area contributed by atoms with Gasteiger partial charge in [0, 0.05) is 6.20 Å². The van der Waals surface area contributed by atoms with Gasteiger partial charge in [-0.1, -0.05) is 34.5 Å². The molecule has 0 aliphatic rings. The quantitative estimate of drug-likeness (QED) is 0.711. The number of alkyl halides is 3. The summed E-state index contributed by atoms with van der Waals surface area (Å²) in [6.07, 6.45) is -3.09. The number of halogens is 5. The predicted octanol–water partition coefficient (Wildman–Crippen LogP) is 4.20. The smallest absolute Gasteiger partial charge is 0.273 e. The third-order valence-electron chi connectivity index (χ3n) is 2.92. The Morgan fingerprint density at radius 3 is 2.38 bits per heavy atom. The first-order valence-electron chi connectivity index (χ1n) is 6.27. The molecule has 0 aliphatic heterocycles. The summed E-state index contributed by atoms with van der Waals surface area (Å²) in [7, 11) is 0. The van der Waals surface area contributed by atoms with Gasteiger partial charge in [-0.2, -0.15) is 23.4 Å². The van der Waals surface area contributed by atoms with Gasteiger partial charge in [0.25, 0.3) is 0 Å². The molecule has 11 heteroatoms. The molecule has 1 N–H and O–H groups in total. The highest BCUT2D eigenvalue weighted by atomic mass is 35.5. The van der Waals surface area contributed by atoms with Gasteiger partial charge in [-0.3, -0.25) is 5.41 Å². The number of aromatic nitrogens is 4. The molecule has 2 aromatic heterocycles. The van der Waals surface area contributed by atoms with Crippen LogP contribution in [0.1, 0.15) is 5.56 Å². The largest absolute Gasteiger partial charge is 0.416 e. The summed E-state index contributed by atoms with van der Waals surface area (Å²) in [5.41, 5.74) is -0.547. The molecule has 0 saturated carbocycles. The zero-order chi connectivity index (χ0) is 17.5. The van der Waals surface area contributed by atoms with Crippen LogP contribution in [0.5, 0.6) is 0 Å². The van der Waals surface area contributed by atoms with Crippen molar-refractivity contribution in [2.24, 2.45) is 0 Å². The zero-order valence-electron chi connectivity index (χ0n) is 11.5. The molecule has 0 unspecified atom stereocenters. The summed E-state index contributed by atoms with van der Waals surface area (Å²) in [4.78, 5) is -0.0702. The molecule has 0 bridgehead atoms. The molecule has 0 radical (unpaired) electrons. The van der Waals surface area contributed by atoms with Gasteiger partial charge in [-0.15, -0.1) is 5.10 Å². The van der Waals surface area contributed by atoms with Crippen LogP contribution < -0.4 is 4.80 Å². The van der Waals surface area contributed by atoms with Gasteiger partial charge in [0.1, 0.15) is 11.4 Å². The highest BCUT2D eigenvalue weighted by Gasteiger charge is 2.32. The summed E-state index contributed by atoms with van der Waals surface area (Å²) in [5, 5.41) is 19.6. The van der Waals surface area contributed by atoms with Crippen molar-refractivity contribution in [2.45, 2.75) is 6.18 Å². The van der Waals surface area contributed by atoms with Crippen LogP contribution in [0.4, 0.5) is 13.2 Å². The summed E-state index contributed by atoms with van der Waals surface area (Å²) < 4.78 is 39.5. The van der Waals surface area contributed by atoms with Crippen molar-refractivity contribution in [2.75, 3.05) is 0 Å². The van der Waals surface area contributed by atoms with Gasteiger partial charge in [0.15, 0.2) is 5.01 Å². The second-order valence-corrected chi connectivity index (χ2v) is 6.31. The molecule has 1 aromatic carbocycles. The molecule has 3 rings (SSSR count). The Hall–Kier alpha value is -1.97. The Kier molecular flexibility index (Phi) is 4.33. The van der Waals surface area contributed by atoms with Gasteiger partial charge >= 0.3 is 6.18 Å². The maximum Gasteiger partial charge on any atom is 0.416 e. The van der Waals surface area contributed by atoms with Crippen molar-refractivity contribution in [3.05, 3.63) is 50.9 Å². The summed E-state index contributed by atoms with van der Waals surface area (Å²) in [6, 6.07) is 4.79. The summed E-state index contributed by atoms with van der Waals surface area (Å²) in [6.45, 7) is 0. The van der Waals surface area contributed by atoms with Crippen LogP contribution in [-0.2, 0) is 6.18 Å². The highest BCUT2D eigenvalue weighted by molar-refractivity contribution is 7.12. The third kappa shape index (κ3) is 3.14. The second-order valence-electron chi connectivity index (χ2n) is 4.52. The molecular weight excluding hydrogens is 386 g/mol. The molecule has 0 atom stereocenters. The van der Waals surface area contributed by atoms with E-state index in [0.29, 0.717) is 10.7 Å². The van der Waals surface area contributed by atoms with E-state index in [1.807, 2.05) is 0 Å². The number of rotatable bonds is 2. The zero-order valence-corrected chi connectivity index (χ0v) is 13.8. The van der Waals surface area contributed by atoms with E-state index >= 15 is 0 Å². The van der Waals surface area contributed by atoms with Crippen molar-refractivity contribution in [1.82, 2.24) is 20.0 Å². The molecule has 124 valence electrons. The van der Waals surface area contributed by atoms with Crippen LogP contribution in [0.2, 0.25) is 10.0 Å². The van der Waals surface area contributed by atoms with Crippen LogP contribution in [0.15, 0.2) is 30.5 Å². The fraction of sp³-hybridized carbons (Fsp3) is 0.0769. The fourth-order valence-corrected chi connectivity index (χ4v) is 3.28. The van der Waals surface area contributed by atoms with E-state index in [1.165, 1.54) is 6.20 Å². The number of benzene rings is 1. The van der Waals surface area contributed by atoms with E-state index in [4.69, 9.17) is 28.6 Å². The van der Waals surface area contributed by atoms with Crippen molar-refractivity contribution >= 4 is 34.5 Å². The lowest BCUT2D eigenvalue weighted by atomic mass is 10.2. The number of hydrogen-bond acceptors (Lipinski definition) is 5. The molecule has 0 spiro atoms. The van der Waals surface area contributed by atoms with Crippen LogP contribution in [0, 0.1) is 5.41 Å². The molecule has 0 saturated heterocycles. The first-order chi connectivity index (χ1) is 11.3. The Bertz CT molecular complexity index is 929. The van der Waals surface area contributed by atoms with Gasteiger partial charge in [0.05, 0.1) is 15.6 Å². The Morgan fingerprint density at radius 1 is 1.17 bits per heavy atom. The predicted molar refractivity (Wildman–Crippen MR) is 83.3 cm³/mol. The van der Waals surface area contributed by atoms with Gasteiger partial charge in [-0.05, 0) is 24.3 Å². The van der Waals surface area contributed by atoms with Crippen molar-refractivity contribution in [3.8, 4) is 16.4 Å². The molecule has 24 heavy (non-hydrogen) atoms. The average Bonchev–Trinajstić information content (AvgIpc) is 2.88. The van der Waals surface area contributed by atoms with E-state index in [-0.39, 0.29) is 20.5 Å². The van der Waals surface area contributed by atoms with Crippen LogP contribution in [0.25, 0.3) is 16.4 Å². The van der Waals surface area contributed by atoms with E-state index in [9.17, 15) is 13.2 Å². The fourth-order valence-electron chi connectivity index (χ4n) is 1.89. The molecule has 2 heterocycles. The summed E-state index contributed by atoms with van der Waals surface area (Å²) in [5.74, 6) is 0. The number of nitrogens with zero attached hydrogens (tertiary/aromatic N) is 4. The molecule has 0 aliphatic carbocycles. The van der Waals surface area contributed by atoms with E-state index in [2.05, 4.69) is 15.3 Å². The molecule has 5 nitrogen and oxygen atoms in total. The molecule has 0 fully saturated rings. The Morgan fingerprint density at radius 2 is 1.83 bits per heavy atom. The van der Waals surface area contributed by atoms with Gasteiger partial charge < -0.3 is 0 Å². The maximum absolute atomic E-state index is 12.8. The van der Waals surface area contributed by atoms with E-state index < -0.39 is 11.7 Å². The standard InChI is InChI=1S/C13H6Cl2F3N5S/c14-7-4-6(13(16,17)18)5-8(15)10(7)23-12(19)24-11(22-23)9-2-1-3-20-21-9/h1-5,19H. The van der Waals surface area contributed by atoms with Gasteiger partial charge in [0.2, 0.25) is 4.80 Å². The summed E-state index contributed by atoms with van der Waals surface area (Å²) >= 11 is 12.9. The molecule has 3 aromatic rings. The van der Waals surface area contributed by atoms with E-state index in [0.717, 1.165) is 28.2 Å². The lowest BCUT2D eigenvalue weighted by Crippen LogP contribution is -2.14. The normalized spacial score (nSPS) is 11.7.